The molecular weight excluding hydrogens is 264 g/mol. The van der Waals surface area contributed by atoms with Gasteiger partial charge in [0.25, 0.3) is 0 Å². The first-order valence-corrected chi connectivity index (χ1v) is 6.97. The third kappa shape index (κ3) is 3.35. The summed E-state index contributed by atoms with van der Waals surface area (Å²) in [5, 5.41) is 4.60. The van der Waals surface area contributed by atoms with Crippen molar-refractivity contribution in [3.63, 3.8) is 0 Å². The Hall–Kier alpha value is -0.910. The first-order valence-electron chi connectivity index (χ1n) is 6.59. The highest BCUT2D eigenvalue weighted by atomic mass is 35.5. The van der Waals surface area contributed by atoms with Crippen LogP contribution in [-0.4, -0.2) is 46.6 Å². The quantitative estimate of drug-likeness (QED) is 0.805. The van der Waals surface area contributed by atoms with Crippen LogP contribution >= 0.6 is 11.6 Å². The molecule has 1 fully saturated rings. The summed E-state index contributed by atoms with van der Waals surface area (Å²) >= 11 is 6.09. The number of Topliss-reactive ketones (excluding diaryl/α,β-unsaturated/α-hetero) is 1. The molecule has 2 N–H and O–H groups in total. The Morgan fingerprint density at radius 3 is 2.79 bits per heavy atom. The van der Waals surface area contributed by atoms with Crippen molar-refractivity contribution in [2.24, 2.45) is 5.73 Å². The van der Waals surface area contributed by atoms with E-state index in [-0.39, 0.29) is 11.3 Å². The van der Waals surface area contributed by atoms with Crippen molar-refractivity contribution >= 4 is 17.4 Å². The van der Waals surface area contributed by atoms with E-state index in [1.54, 1.807) is 4.68 Å². The van der Waals surface area contributed by atoms with Crippen molar-refractivity contribution in [2.75, 3.05) is 20.6 Å². The van der Waals surface area contributed by atoms with E-state index in [2.05, 4.69) is 5.10 Å². The van der Waals surface area contributed by atoms with Crippen LogP contribution in [0.4, 0.5) is 0 Å². The molecule has 0 bridgehead atoms. The smallest absolute Gasteiger partial charge is 0.184 e. The van der Waals surface area contributed by atoms with E-state index in [9.17, 15) is 4.79 Å². The molecule has 1 aromatic heterocycles. The fourth-order valence-electron chi connectivity index (χ4n) is 2.32. The van der Waals surface area contributed by atoms with Gasteiger partial charge in [-0.15, -0.1) is 0 Å². The molecule has 1 aliphatic carbocycles. The van der Waals surface area contributed by atoms with Crippen molar-refractivity contribution in [3.8, 4) is 0 Å². The largest absolute Gasteiger partial charge is 0.325 e. The summed E-state index contributed by atoms with van der Waals surface area (Å²) in [6.07, 6.45) is 4.84. The number of hydrogen-bond acceptors (Lipinski definition) is 4. The van der Waals surface area contributed by atoms with E-state index in [1.165, 1.54) is 6.20 Å². The minimum absolute atomic E-state index is 0.00320. The van der Waals surface area contributed by atoms with Crippen molar-refractivity contribution in [1.82, 2.24) is 14.7 Å². The lowest BCUT2D eigenvalue weighted by Crippen LogP contribution is -2.48. The van der Waals surface area contributed by atoms with E-state index in [4.69, 9.17) is 17.3 Å². The average Bonchev–Trinajstić information content (AvgIpc) is 2.65. The van der Waals surface area contributed by atoms with Gasteiger partial charge < -0.3 is 10.6 Å². The van der Waals surface area contributed by atoms with Gasteiger partial charge in [-0.2, -0.15) is 5.10 Å². The summed E-state index contributed by atoms with van der Waals surface area (Å²) in [5.41, 5.74) is 6.31. The molecule has 1 heterocycles. The highest BCUT2D eigenvalue weighted by Gasteiger charge is 2.36. The number of hydrogen-bond donors (Lipinski definition) is 1. The maximum Gasteiger partial charge on any atom is 0.184 e. The van der Waals surface area contributed by atoms with Crippen LogP contribution in [0.1, 0.15) is 36.2 Å². The molecule has 1 aliphatic rings. The van der Waals surface area contributed by atoms with Crippen LogP contribution in [0.2, 0.25) is 5.02 Å². The molecule has 0 radical (unpaired) electrons. The Kier molecular flexibility index (Phi) is 4.28. The Morgan fingerprint density at radius 1 is 1.58 bits per heavy atom. The van der Waals surface area contributed by atoms with Gasteiger partial charge in [-0.05, 0) is 33.4 Å². The van der Waals surface area contributed by atoms with Crippen LogP contribution in [0.25, 0.3) is 0 Å². The molecule has 0 amide bonds. The minimum Gasteiger partial charge on any atom is -0.325 e. The summed E-state index contributed by atoms with van der Waals surface area (Å²) in [7, 11) is 3.96. The van der Waals surface area contributed by atoms with Crippen molar-refractivity contribution in [3.05, 3.63) is 16.9 Å². The maximum atomic E-state index is 12.4. The molecule has 0 aromatic carbocycles. The molecule has 1 saturated carbocycles. The predicted molar refractivity (Wildman–Crippen MR) is 75.5 cm³/mol. The van der Waals surface area contributed by atoms with Crippen LogP contribution < -0.4 is 5.73 Å². The summed E-state index contributed by atoms with van der Waals surface area (Å²) < 4.78 is 1.69. The van der Waals surface area contributed by atoms with Gasteiger partial charge in [-0.25, -0.2) is 0 Å². The van der Waals surface area contributed by atoms with Crippen LogP contribution in [0.15, 0.2) is 6.20 Å². The number of rotatable bonds is 6. The molecule has 0 unspecified atom stereocenters. The fraction of sp³-hybridized carbons (Fsp3) is 0.692. The van der Waals surface area contributed by atoms with Gasteiger partial charge in [-0.3, -0.25) is 9.48 Å². The maximum absolute atomic E-state index is 12.4. The monoisotopic (exact) mass is 284 g/mol. The molecule has 0 saturated heterocycles. The van der Waals surface area contributed by atoms with Crippen molar-refractivity contribution < 1.29 is 4.79 Å². The molecule has 5 nitrogen and oxygen atoms in total. The third-order valence-corrected chi connectivity index (χ3v) is 3.96. The van der Waals surface area contributed by atoms with E-state index in [0.717, 1.165) is 25.8 Å². The number of nitrogens with two attached hydrogens (primary N) is 1. The summed E-state index contributed by atoms with van der Waals surface area (Å²) in [5.74, 6) is 0.00320. The average molecular weight is 285 g/mol. The van der Waals surface area contributed by atoms with Gasteiger partial charge in [-0.1, -0.05) is 11.6 Å². The minimum atomic E-state index is -0.322. The van der Waals surface area contributed by atoms with Gasteiger partial charge in [0.1, 0.15) is 5.69 Å². The lowest BCUT2D eigenvalue weighted by atomic mass is 9.74. The normalized spacial score (nSPS) is 17.5. The second-order valence-corrected chi connectivity index (χ2v) is 6.09. The molecule has 106 valence electrons. The molecule has 0 atom stereocenters. The van der Waals surface area contributed by atoms with E-state index < -0.39 is 0 Å². The topological polar surface area (TPSA) is 64.2 Å². The van der Waals surface area contributed by atoms with Crippen molar-refractivity contribution in [1.29, 1.82) is 0 Å². The molecule has 19 heavy (non-hydrogen) atoms. The lowest BCUT2D eigenvalue weighted by Gasteiger charge is -2.37. The molecular formula is C13H21ClN4O. The standard InChI is InChI=1S/C13H21ClN4O/c1-17(2)6-7-18-12(10(14)9-16-18)11(19)8-13(15)4-3-5-13/h9H,3-8,15H2,1-2H3. The number of halogens is 1. The van der Waals surface area contributed by atoms with Crippen LogP contribution in [0.5, 0.6) is 0 Å². The summed E-state index contributed by atoms with van der Waals surface area (Å²) in [4.78, 5) is 14.4. The van der Waals surface area contributed by atoms with Gasteiger partial charge in [0, 0.05) is 18.5 Å². The molecule has 2 rings (SSSR count). The van der Waals surface area contributed by atoms with E-state index >= 15 is 0 Å². The second kappa shape index (κ2) is 5.61. The Morgan fingerprint density at radius 2 is 2.26 bits per heavy atom. The predicted octanol–water partition coefficient (Wildman–Crippen LogP) is 1.55. The fourth-order valence-corrected chi connectivity index (χ4v) is 2.56. The van der Waals surface area contributed by atoms with E-state index in [0.29, 0.717) is 23.7 Å². The number of likely N-dealkylation sites (N-methyl/N-ethyl adjacent to an activating group) is 1. The zero-order valence-electron chi connectivity index (χ0n) is 11.5. The third-order valence-electron chi connectivity index (χ3n) is 3.68. The summed E-state index contributed by atoms with van der Waals surface area (Å²) in [6.45, 7) is 1.46. The molecule has 6 heteroatoms. The van der Waals surface area contributed by atoms with E-state index in [1.807, 2.05) is 19.0 Å². The second-order valence-electron chi connectivity index (χ2n) is 5.68. The highest BCUT2D eigenvalue weighted by molar-refractivity contribution is 6.33. The Bertz CT molecular complexity index is 465. The zero-order chi connectivity index (χ0) is 14.0. The first-order chi connectivity index (χ1) is 8.91. The lowest BCUT2D eigenvalue weighted by molar-refractivity contribution is 0.0901. The highest BCUT2D eigenvalue weighted by Crippen LogP contribution is 2.33. The number of carbonyl (C=O) groups excluding carboxylic acids is 1. The molecule has 0 aliphatic heterocycles. The van der Waals surface area contributed by atoms with Gasteiger partial charge >= 0.3 is 0 Å². The zero-order valence-corrected chi connectivity index (χ0v) is 12.3. The van der Waals surface area contributed by atoms with Gasteiger partial charge in [0.05, 0.1) is 17.8 Å². The molecule has 1 aromatic rings. The van der Waals surface area contributed by atoms with Gasteiger partial charge in [0.15, 0.2) is 5.78 Å². The van der Waals surface area contributed by atoms with Crippen LogP contribution in [0.3, 0.4) is 0 Å². The van der Waals surface area contributed by atoms with Gasteiger partial charge in [0.2, 0.25) is 0 Å². The number of ketones is 1. The number of nitrogens with zero attached hydrogens (tertiary/aromatic N) is 3. The van der Waals surface area contributed by atoms with Crippen molar-refractivity contribution in [2.45, 2.75) is 37.8 Å². The number of carbonyl (C=O) groups is 1. The summed E-state index contributed by atoms with van der Waals surface area (Å²) in [6, 6.07) is 0. The first kappa shape index (κ1) is 14.5. The Balaban J connectivity index is 2.09. The molecule has 0 spiro atoms. The van der Waals surface area contributed by atoms with Crippen LogP contribution in [0, 0.1) is 0 Å². The van der Waals surface area contributed by atoms with Crippen LogP contribution in [-0.2, 0) is 6.54 Å². The number of aromatic nitrogens is 2. The SMILES string of the molecule is CN(C)CCn1ncc(Cl)c1C(=O)CC1(N)CCC1. The Labute approximate surface area is 118 Å².